The van der Waals surface area contributed by atoms with E-state index in [2.05, 4.69) is 17.0 Å². The highest BCUT2D eigenvalue weighted by molar-refractivity contribution is 7.89. The summed E-state index contributed by atoms with van der Waals surface area (Å²) in [7, 11) is -1.59. The maximum absolute atomic E-state index is 12.5. The number of sulfonamides is 1. The molecule has 0 saturated heterocycles. The lowest BCUT2D eigenvalue weighted by molar-refractivity contribution is 0.437. The first-order chi connectivity index (χ1) is 9.85. The highest BCUT2D eigenvalue weighted by atomic mass is 32.2. The Labute approximate surface area is 129 Å². The molecule has 0 aromatic carbocycles. The summed E-state index contributed by atoms with van der Waals surface area (Å²) < 4.78 is 29.9. The Morgan fingerprint density at radius 2 is 1.95 bits per heavy atom. The predicted molar refractivity (Wildman–Crippen MR) is 86.7 cm³/mol. The van der Waals surface area contributed by atoms with Crippen molar-refractivity contribution in [2.75, 3.05) is 7.05 Å². The second-order valence-corrected chi connectivity index (χ2v) is 7.48. The van der Waals surface area contributed by atoms with E-state index in [0.717, 1.165) is 25.1 Å². The van der Waals surface area contributed by atoms with Gasteiger partial charge in [0.2, 0.25) is 10.0 Å². The van der Waals surface area contributed by atoms with E-state index in [0.29, 0.717) is 11.4 Å². The van der Waals surface area contributed by atoms with Crippen molar-refractivity contribution in [1.29, 1.82) is 0 Å². The van der Waals surface area contributed by atoms with Crippen LogP contribution in [0, 0.1) is 5.92 Å². The van der Waals surface area contributed by atoms with Gasteiger partial charge in [-0.05, 0) is 31.9 Å². The van der Waals surface area contributed by atoms with Gasteiger partial charge in [-0.3, -0.25) is 0 Å². The van der Waals surface area contributed by atoms with Crippen LogP contribution in [0.4, 0.5) is 0 Å². The van der Waals surface area contributed by atoms with Crippen LogP contribution in [0.2, 0.25) is 0 Å². The number of hydrogen-bond acceptors (Lipinski definition) is 3. The van der Waals surface area contributed by atoms with Gasteiger partial charge in [-0.25, -0.2) is 13.1 Å². The van der Waals surface area contributed by atoms with Crippen LogP contribution in [0.15, 0.2) is 17.2 Å². The number of hydrogen-bond donors (Lipinski definition) is 2. The molecular formula is C15H29N3O2S. The normalized spacial score (nSPS) is 13.8. The van der Waals surface area contributed by atoms with Crippen molar-refractivity contribution in [2.24, 2.45) is 5.92 Å². The van der Waals surface area contributed by atoms with Gasteiger partial charge in [0.1, 0.15) is 0 Å². The molecule has 0 amide bonds. The van der Waals surface area contributed by atoms with E-state index in [1.54, 1.807) is 12.3 Å². The fourth-order valence-electron chi connectivity index (χ4n) is 2.41. The molecule has 0 aliphatic carbocycles. The summed E-state index contributed by atoms with van der Waals surface area (Å²) in [6.07, 6.45) is 3.50. The SMILES string of the molecule is CCCn1cc(S(=O)(=O)NC(CC)C(C)C)cc1CNC. The minimum absolute atomic E-state index is 0.0303. The molecule has 1 rings (SSSR count). The third-order valence-electron chi connectivity index (χ3n) is 3.64. The fraction of sp³-hybridized carbons (Fsp3) is 0.733. The van der Waals surface area contributed by atoms with Crippen LogP contribution >= 0.6 is 0 Å². The quantitative estimate of drug-likeness (QED) is 0.735. The molecule has 1 atom stereocenters. The molecule has 0 aliphatic heterocycles. The zero-order chi connectivity index (χ0) is 16.0. The number of rotatable bonds is 9. The van der Waals surface area contributed by atoms with Crippen LogP contribution in [0.3, 0.4) is 0 Å². The minimum Gasteiger partial charge on any atom is -0.349 e. The zero-order valence-corrected chi connectivity index (χ0v) is 14.6. The molecule has 0 bridgehead atoms. The van der Waals surface area contributed by atoms with Crippen molar-refractivity contribution in [1.82, 2.24) is 14.6 Å². The molecule has 2 N–H and O–H groups in total. The van der Waals surface area contributed by atoms with E-state index in [1.807, 2.05) is 32.4 Å². The van der Waals surface area contributed by atoms with Crippen LogP contribution < -0.4 is 10.0 Å². The van der Waals surface area contributed by atoms with Crippen LogP contribution in [0.25, 0.3) is 0 Å². The van der Waals surface area contributed by atoms with Gasteiger partial charge < -0.3 is 9.88 Å². The van der Waals surface area contributed by atoms with Crippen molar-refractivity contribution in [2.45, 2.75) is 64.6 Å². The number of nitrogens with one attached hydrogen (secondary N) is 2. The van der Waals surface area contributed by atoms with Gasteiger partial charge in [0, 0.05) is 31.0 Å². The van der Waals surface area contributed by atoms with E-state index in [4.69, 9.17) is 0 Å². The standard InChI is InChI=1S/C15H29N3O2S/c1-6-8-18-11-14(9-13(18)10-16-5)21(19,20)17-15(7-2)12(3)4/h9,11-12,15-17H,6-8,10H2,1-5H3. The van der Waals surface area contributed by atoms with Gasteiger partial charge in [0.25, 0.3) is 0 Å². The number of nitrogens with zero attached hydrogens (tertiary/aromatic N) is 1. The summed E-state index contributed by atoms with van der Waals surface area (Å²) >= 11 is 0. The first-order valence-electron chi connectivity index (χ1n) is 7.71. The van der Waals surface area contributed by atoms with Crippen molar-refractivity contribution >= 4 is 10.0 Å². The van der Waals surface area contributed by atoms with Crippen LogP contribution in [0.1, 0.15) is 46.2 Å². The lowest BCUT2D eigenvalue weighted by Crippen LogP contribution is -2.37. The average Bonchev–Trinajstić information content (AvgIpc) is 2.81. The third kappa shape index (κ3) is 4.83. The summed E-state index contributed by atoms with van der Waals surface area (Å²) in [5.41, 5.74) is 0.998. The molecule has 0 spiro atoms. The van der Waals surface area contributed by atoms with Crippen molar-refractivity contribution in [3.05, 3.63) is 18.0 Å². The summed E-state index contributed by atoms with van der Waals surface area (Å²) in [5.74, 6) is 0.277. The van der Waals surface area contributed by atoms with Gasteiger partial charge in [0.05, 0.1) is 4.90 Å². The highest BCUT2D eigenvalue weighted by Crippen LogP contribution is 2.17. The van der Waals surface area contributed by atoms with Crippen LogP contribution in [0.5, 0.6) is 0 Å². The molecule has 1 aromatic rings. The second-order valence-electron chi connectivity index (χ2n) is 5.77. The molecule has 0 saturated carbocycles. The second kappa shape index (κ2) is 7.96. The summed E-state index contributed by atoms with van der Waals surface area (Å²) in [4.78, 5) is 0.361. The van der Waals surface area contributed by atoms with E-state index < -0.39 is 10.0 Å². The van der Waals surface area contributed by atoms with Crippen LogP contribution in [-0.4, -0.2) is 26.1 Å². The molecule has 0 fully saturated rings. The smallest absolute Gasteiger partial charge is 0.242 e. The lowest BCUT2D eigenvalue weighted by atomic mass is 10.0. The first kappa shape index (κ1) is 18.2. The van der Waals surface area contributed by atoms with Crippen LogP contribution in [-0.2, 0) is 23.1 Å². The molecule has 21 heavy (non-hydrogen) atoms. The molecule has 6 heteroatoms. The van der Waals surface area contributed by atoms with Crippen molar-refractivity contribution < 1.29 is 8.42 Å². The van der Waals surface area contributed by atoms with E-state index in [1.165, 1.54) is 0 Å². The van der Waals surface area contributed by atoms with Gasteiger partial charge in [0.15, 0.2) is 0 Å². The maximum Gasteiger partial charge on any atom is 0.242 e. The summed E-state index contributed by atoms with van der Waals surface area (Å²) in [5, 5.41) is 3.08. The molecule has 0 radical (unpaired) electrons. The zero-order valence-electron chi connectivity index (χ0n) is 13.8. The molecule has 0 aliphatic rings. The van der Waals surface area contributed by atoms with E-state index in [-0.39, 0.29) is 12.0 Å². The third-order valence-corrected chi connectivity index (χ3v) is 5.10. The number of aromatic nitrogens is 1. The summed E-state index contributed by atoms with van der Waals surface area (Å²) in [6.45, 7) is 9.64. The monoisotopic (exact) mass is 315 g/mol. The molecule has 1 aromatic heterocycles. The minimum atomic E-state index is -3.45. The Balaban J connectivity index is 3.04. The molecule has 1 unspecified atom stereocenters. The van der Waals surface area contributed by atoms with Crippen molar-refractivity contribution in [3.8, 4) is 0 Å². The average molecular weight is 315 g/mol. The lowest BCUT2D eigenvalue weighted by Gasteiger charge is -2.20. The molecule has 122 valence electrons. The largest absolute Gasteiger partial charge is 0.349 e. The van der Waals surface area contributed by atoms with Crippen molar-refractivity contribution in [3.63, 3.8) is 0 Å². The maximum atomic E-state index is 12.5. The Hall–Kier alpha value is -0.850. The van der Waals surface area contributed by atoms with E-state index >= 15 is 0 Å². The Kier molecular flexibility index (Phi) is 6.90. The molecule has 5 nitrogen and oxygen atoms in total. The number of aryl methyl sites for hydroxylation is 1. The molecule has 1 heterocycles. The first-order valence-corrected chi connectivity index (χ1v) is 9.20. The van der Waals surface area contributed by atoms with Gasteiger partial charge in [-0.2, -0.15) is 0 Å². The van der Waals surface area contributed by atoms with E-state index in [9.17, 15) is 8.42 Å². The Morgan fingerprint density at radius 1 is 1.29 bits per heavy atom. The van der Waals surface area contributed by atoms with Gasteiger partial charge in [-0.1, -0.05) is 27.7 Å². The highest BCUT2D eigenvalue weighted by Gasteiger charge is 2.23. The fourth-order valence-corrected chi connectivity index (χ4v) is 3.94. The summed E-state index contributed by atoms with van der Waals surface area (Å²) in [6, 6.07) is 1.74. The van der Waals surface area contributed by atoms with Gasteiger partial charge >= 0.3 is 0 Å². The Morgan fingerprint density at radius 3 is 2.43 bits per heavy atom. The predicted octanol–water partition coefficient (Wildman–Crippen LogP) is 2.33. The van der Waals surface area contributed by atoms with Gasteiger partial charge in [-0.15, -0.1) is 0 Å². The Bertz CT molecular complexity index is 512. The topological polar surface area (TPSA) is 63.1 Å². The molecular weight excluding hydrogens is 286 g/mol.